The summed E-state index contributed by atoms with van der Waals surface area (Å²) in [6.45, 7) is 0.475. The monoisotopic (exact) mass is 402 g/mol. The van der Waals surface area contributed by atoms with Crippen LogP contribution >= 0.6 is 0 Å². The summed E-state index contributed by atoms with van der Waals surface area (Å²) in [6, 6.07) is 14.8. The van der Waals surface area contributed by atoms with Crippen molar-refractivity contribution in [3.63, 3.8) is 0 Å². The van der Waals surface area contributed by atoms with Crippen LogP contribution in [0, 0.1) is 5.92 Å². The van der Waals surface area contributed by atoms with Crippen LogP contribution in [0.2, 0.25) is 0 Å². The number of anilines is 1. The van der Waals surface area contributed by atoms with Gasteiger partial charge in [0, 0.05) is 13.1 Å². The van der Waals surface area contributed by atoms with E-state index in [1.165, 1.54) is 11.4 Å². The second-order valence-electron chi connectivity index (χ2n) is 6.54. The van der Waals surface area contributed by atoms with E-state index < -0.39 is 21.9 Å². The zero-order chi connectivity index (χ0) is 20.1. The van der Waals surface area contributed by atoms with Gasteiger partial charge < -0.3 is 10.1 Å². The van der Waals surface area contributed by atoms with Crippen LogP contribution in [0.15, 0.2) is 59.5 Å². The maximum absolute atomic E-state index is 12.8. The fraction of sp³-hybridized carbons (Fsp3) is 0.300. The van der Waals surface area contributed by atoms with Crippen molar-refractivity contribution < 1.29 is 22.7 Å². The molecule has 8 heteroatoms. The van der Waals surface area contributed by atoms with Gasteiger partial charge in [0.25, 0.3) is 0 Å². The third kappa shape index (κ3) is 4.23. The number of methoxy groups -OCH3 is 1. The molecule has 1 amide bonds. The van der Waals surface area contributed by atoms with Gasteiger partial charge in [-0.1, -0.05) is 30.3 Å². The van der Waals surface area contributed by atoms with E-state index >= 15 is 0 Å². The van der Waals surface area contributed by atoms with Gasteiger partial charge in [-0.25, -0.2) is 13.2 Å². The Morgan fingerprint density at radius 3 is 2.46 bits per heavy atom. The van der Waals surface area contributed by atoms with E-state index in [9.17, 15) is 18.0 Å². The highest BCUT2D eigenvalue weighted by molar-refractivity contribution is 7.89. The van der Waals surface area contributed by atoms with Crippen LogP contribution in [0.25, 0.3) is 0 Å². The quantitative estimate of drug-likeness (QED) is 0.776. The second-order valence-corrected chi connectivity index (χ2v) is 8.48. The van der Waals surface area contributed by atoms with E-state index in [0.717, 1.165) is 0 Å². The van der Waals surface area contributed by atoms with Crippen molar-refractivity contribution in [1.29, 1.82) is 0 Å². The lowest BCUT2D eigenvalue weighted by Crippen LogP contribution is -2.43. The lowest BCUT2D eigenvalue weighted by Gasteiger charge is -2.31. The van der Waals surface area contributed by atoms with Crippen LogP contribution < -0.4 is 5.32 Å². The van der Waals surface area contributed by atoms with E-state index in [2.05, 4.69) is 5.32 Å². The molecule has 28 heavy (non-hydrogen) atoms. The summed E-state index contributed by atoms with van der Waals surface area (Å²) in [4.78, 5) is 24.8. The number of nitrogens with one attached hydrogen (secondary N) is 1. The average molecular weight is 402 g/mol. The number of para-hydroxylation sites is 1. The van der Waals surface area contributed by atoms with E-state index in [0.29, 0.717) is 25.1 Å². The van der Waals surface area contributed by atoms with Crippen molar-refractivity contribution in [2.75, 3.05) is 25.5 Å². The van der Waals surface area contributed by atoms with Gasteiger partial charge in [-0.3, -0.25) is 4.79 Å². The lowest BCUT2D eigenvalue weighted by atomic mass is 9.98. The minimum atomic E-state index is -3.65. The summed E-state index contributed by atoms with van der Waals surface area (Å²) in [5.41, 5.74) is 0.602. The average Bonchev–Trinajstić information content (AvgIpc) is 2.74. The summed E-state index contributed by atoms with van der Waals surface area (Å²) in [7, 11) is -2.38. The highest BCUT2D eigenvalue weighted by atomic mass is 32.2. The lowest BCUT2D eigenvalue weighted by molar-refractivity contribution is -0.120. The Morgan fingerprint density at radius 1 is 1.07 bits per heavy atom. The number of carbonyl (C=O) groups excluding carboxylic acids is 2. The first kappa shape index (κ1) is 20.0. The number of piperidine rings is 1. The molecule has 2 aromatic carbocycles. The van der Waals surface area contributed by atoms with Crippen LogP contribution in [-0.2, 0) is 19.6 Å². The van der Waals surface area contributed by atoms with E-state index in [-0.39, 0.29) is 22.9 Å². The van der Waals surface area contributed by atoms with E-state index in [1.807, 2.05) is 0 Å². The van der Waals surface area contributed by atoms with Gasteiger partial charge in [-0.15, -0.1) is 0 Å². The predicted molar refractivity (Wildman–Crippen MR) is 104 cm³/mol. The van der Waals surface area contributed by atoms with Gasteiger partial charge in [-0.05, 0) is 37.1 Å². The van der Waals surface area contributed by atoms with Crippen molar-refractivity contribution in [3.05, 3.63) is 60.2 Å². The maximum atomic E-state index is 12.8. The zero-order valence-electron chi connectivity index (χ0n) is 15.5. The Hall–Kier alpha value is -2.71. The highest BCUT2D eigenvalue weighted by Crippen LogP contribution is 2.25. The Labute approximate surface area is 164 Å². The Balaban J connectivity index is 1.75. The molecule has 1 atom stereocenters. The van der Waals surface area contributed by atoms with Crippen molar-refractivity contribution in [2.45, 2.75) is 17.7 Å². The normalized spacial score (nSPS) is 17.7. The molecule has 0 unspecified atom stereocenters. The number of hydrogen-bond donors (Lipinski definition) is 1. The number of carbonyl (C=O) groups is 2. The van der Waals surface area contributed by atoms with E-state index in [1.54, 1.807) is 54.6 Å². The topological polar surface area (TPSA) is 92.8 Å². The van der Waals surface area contributed by atoms with Crippen LogP contribution in [-0.4, -0.2) is 44.8 Å². The minimum absolute atomic E-state index is 0.101. The predicted octanol–water partition coefficient (Wildman–Crippen LogP) is 2.51. The van der Waals surface area contributed by atoms with Crippen LogP contribution in [0.4, 0.5) is 5.69 Å². The first-order valence-electron chi connectivity index (χ1n) is 8.97. The molecule has 148 valence electrons. The number of nitrogens with zero attached hydrogens (tertiary/aromatic N) is 1. The molecule has 0 bridgehead atoms. The molecular weight excluding hydrogens is 380 g/mol. The van der Waals surface area contributed by atoms with Gasteiger partial charge in [0.15, 0.2) is 0 Å². The van der Waals surface area contributed by atoms with Crippen molar-refractivity contribution in [3.8, 4) is 0 Å². The number of sulfonamides is 1. The smallest absolute Gasteiger partial charge is 0.339 e. The first-order valence-corrected chi connectivity index (χ1v) is 10.4. The van der Waals surface area contributed by atoms with E-state index in [4.69, 9.17) is 4.74 Å². The molecule has 0 radical (unpaired) electrons. The molecule has 1 heterocycles. The van der Waals surface area contributed by atoms with Gasteiger partial charge in [0.1, 0.15) is 0 Å². The molecule has 7 nitrogen and oxygen atoms in total. The molecular formula is C20H22N2O5S. The Kier molecular flexibility index (Phi) is 6.11. The summed E-state index contributed by atoms with van der Waals surface area (Å²) in [6.07, 6.45) is 1.16. The number of benzene rings is 2. The molecule has 1 aliphatic rings. The van der Waals surface area contributed by atoms with Crippen molar-refractivity contribution >= 4 is 27.6 Å². The fourth-order valence-corrected chi connectivity index (χ4v) is 4.78. The standard InChI is InChI=1S/C20H22N2O5S/c1-27-20(24)17-11-5-6-12-18(17)21-19(23)15-8-7-13-22(14-15)28(25,26)16-9-3-2-4-10-16/h2-6,9-12,15H,7-8,13-14H2,1H3,(H,21,23)/t15-/m0/s1. The number of esters is 1. The molecule has 1 fully saturated rings. The fourth-order valence-electron chi connectivity index (χ4n) is 3.23. The molecule has 1 aliphatic heterocycles. The first-order chi connectivity index (χ1) is 13.4. The molecule has 0 spiro atoms. The van der Waals surface area contributed by atoms with Gasteiger partial charge >= 0.3 is 5.97 Å². The largest absolute Gasteiger partial charge is 0.465 e. The summed E-state index contributed by atoms with van der Waals surface area (Å²) < 4.78 is 31.7. The van der Waals surface area contributed by atoms with Crippen molar-refractivity contribution in [1.82, 2.24) is 4.31 Å². The summed E-state index contributed by atoms with van der Waals surface area (Å²) in [5.74, 6) is -1.37. The van der Waals surface area contributed by atoms with Gasteiger partial charge in [0.2, 0.25) is 15.9 Å². The molecule has 2 aromatic rings. The SMILES string of the molecule is COC(=O)c1ccccc1NC(=O)[C@H]1CCCN(S(=O)(=O)c2ccccc2)C1. The Bertz CT molecular complexity index is 960. The van der Waals surface area contributed by atoms with Gasteiger partial charge in [0.05, 0.1) is 29.2 Å². The third-order valence-electron chi connectivity index (χ3n) is 4.73. The van der Waals surface area contributed by atoms with Crippen LogP contribution in [0.5, 0.6) is 0 Å². The summed E-state index contributed by atoms with van der Waals surface area (Å²) >= 11 is 0. The van der Waals surface area contributed by atoms with Gasteiger partial charge in [-0.2, -0.15) is 4.31 Å². The van der Waals surface area contributed by atoms with Crippen molar-refractivity contribution in [2.24, 2.45) is 5.92 Å². The number of rotatable bonds is 5. The number of ether oxygens (including phenoxy) is 1. The number of amides is 1. The zero-order valence-corrected chi connectivity index (χ0v) is 16.3. The Morgan fingerprint density at radius 2 is 1.75 bits per heavy atom. The molecule has 1 N–H and O–H groups in total. The molecule has 1 saturated heterocycles. The number of hydrogen-bond acceptors (Lipinski definition) is 5. The molecule has 3 rings (SSSR count). The molecule has 0 saturated carbocycles. The van der Waals surface area contributed by atoms with Crippen LogP contribution in [0.3, 0.4) is 0 Å². The molecule has 0 aliphatic carbocycles. The third-order valence-corrected chi connectivity index (χ3v) is 6.61. The summed E-state index contributed by atoms with van der Waals surface area (Å²) in [5, 5.41) is 2.75. The highest BCUT2D eigenvalue weighted by Gasteiger charge is 2.33. The van der Waals surface area contributed by atoms with Crippen LogP contribution in [0.1, 0.15) is 23.2 Å². The second kappa shape index (κ2) is 8.53. The molecule has 0 aromatic heterocycles. The minimum Gasteiger partial charge on any atom is -0.465 e. The maximum Gasteiger partial charge on any atom is 0.339 e.